The van der Waals surface area contributed by atoms with E-state index in [1.807, 2.05) is 24.3 Å². The van der Waals surface area contributed by atoms with Crippen molar-refractivity contribution in [3.05, 3.63) is 59.7 Å². The Hall–Kier alpha value is -2.70. The van der Waals surface area contributed by atoms with Crippen molar-refractivity contribution in [1.29, 1.82) is 0 Å². The van der Waals surface area contributed by atoms with Crippen LogP contribution in [0.2, 0.25) is 0 Å². The number of hydrogen-bond donors (Lipinski definition) is 2. The molecule has 0 aromatic heterocycles. The molecule has 2 N–H and O–H groups in total. The number of carbonyl (C=O) groups excluding carboxylic acids is 2. The number of anilines is 2. The smallest absolute Gasteiger partial charge is 0.255 e. The Labute approximate surface area is 153 Å². The van der Waals surface area contributed by atoms with E-state index in [1.54, 1.807) is 24.3 Å². The maximum absolute atomic E-state index is 12.4. The molecule has 1 heterocycles. The second-order valence-corrected chi connectivity index (χ2v) is 6.30. The fourth-order valence-corrected chi connectivity index (χ4v) is 2.82. The van der Waals surface area contributed by atoms with Gasteiger partial charge in [-0.3, -0.25) is 14.5 Å². The van der Waals surface area contributed by atoms with Crippen molar-refractivity contribution < 1.29 is 14.3 Å². The van der Waals surface area contributed by atoms with Crippen LogP contribution < -0.4 is 10.6 Å². The van der Waals surface area contributed by atoms with E-state index in [4.69, 9.17) is 4.74 Å². The van der Waals surface area contributed by atoms with E-state index in [0.717, 1.165) is 32.8 Å². The summed E-state index contributed by atoms with van der Waals surface area (Å²) in [6, 6.07) is 14.7. The molecule has 2 aromatic carbocycles. The molecule has 0 bridgehead atoms. The van der Waals surface area contributed by atoms with E-state index in [-0.39, 0.29) is 11.8 Å². The largest absolute Gasteiger partial charge is 0.379 e. The summed E-state index contributed by atoms with van der Waals surface area (Å²) in [7, 11) is 0. The molecule has 1 aliphatic rings. The van der Waals surface area contributed by atoms with Crippen LogP contribution in [0.15, 0.2) is 48.5 Å². The number of nitrogens with zero attached hydrogens (tertiary/aromatic N) is 1. The minimum absolute atomic E-state index is 0.126. The van der Waals surface area contributed by atoms with Crippen molar-refractivity contribution in [3.8, 4) is 0 Å². The molecule has 2 amide bonds. The molecule has 0 unspecified atom stereocenters. The van der Waals surface area contributed by atoms with Crippen LogP contribution in [0.4, 0.5) is 11.4 Å². The third-order valence-electron chi connectivity index (χ3n) is 4.19. The molecule has 1 saturated heterocycles. The zero-order chi connectivity index (χ0) is 18.4. The second kappa shape index (κ2) is 8.60. The van der Waals surface area contributed by atoms with Gasteiger partial charge in [-0.1, -0.05) is 12.1 Å². The first-order valence-corrected chi connectivity index (χ1v) is 8.68. The molecular formula is C20H23N3O3. The van der Waals surface area contributed by atoms with E-state index < -0.39 is 0 Å². The molecule has 1 fully saturated rings. The zero-order valence-corrected chi connectivity index (χ0v) is 14.8. The Morgan fingerprint density at radius 3 is 2.08 bits per heavy atom. The highest BCUT2D eigenvalue weighted by Crippen LogP contribution is 2.15. The molecule has 0 saturated carbocycles. The van der Waals surface area contributed by atoms with Gasteiger partial charge in [0.1, 0.15) is 0 Å². The molecular weight excluding hydrogens is 330 g/mol. The third kappa shape index (κ3) is 5.15. The van der Waals surface area contributed by atoms with Crippen molar-refractivity contribution in [3.63, 3.8) is 0 Å². The number of rotatable bonds is 5. The SMILES string of the molecule is CC(=O)Nc1ccc(NC(=O)c2ccc(CN3CCOCC3)cc2)cc1. The van der Waals surface area contributed by atoms with E-state index in [1.165, 1.54) is 12.5 Å². The van der Waals surface area contributed by atoms with Crippen LogP contribution in [0.5, 0.6) is 0 Å². The summed E-state index contributed by atoms with van der Waals surface area (Å²) >= 11 is 0. The quantitative estimate of drug-likeness (QED) is 0.867. The van der Waals surface area contributed by atoms with Gasteiger partial charge in [-0.15, -0.1) is 0 Å². The first-order valence-electron chi connectivity index (χ1n) is 8.68. The van der Waals surface area contributed by atoms with E-state index in [2.05, 4.69) is 15.5 Å². The van der Waals surface area contributed by atoms with E-state index in [0.29, 0.717) is 16.9 Å². The summed E-state index contributed by atoms with van der Waals surface area (Å²) in [4.78, 5) is 25.7. The highest BCUT2D eigenvalue weighted by atomic mass is 16.5. The van der Waals surface area contributed by atoms with Crippen LogP contribution in [0.25, 0.3) is 0 Å². The minimum atomic E-state index is -0.157. The lowest BCUT2D eigenvalue weighted by Gasteiger charge is -2.26. The Bertz CT molecular complexity index is 751. The lowest BCUT2D eigenvalue weighted by molar-refractivity contribution is -0.114. The average Bonchev–Trinajstić information content (AvgIpc) is 2.64. The molecule has 6 heteroatoms. The van der Waals surface area contributed by atoms with Gasteiger partial charge in [-0.25, -0.2) is 0 Å². The van der Waals surface area contributed by atoms with Gasteiger partial charge in [0, 0.05) is 43.5 Å². The van der Waals surface area contributed by atoms with Crippen LogP contribution in [0.3, 0.4) is 0 Å². The number of ether oxygens (including phenoxy) is 1. The molecule has 6 nitrogen and oxygen atoms in total. The summed E-state index contributed by atoms with van der Waals surface area (Å²) in [5, 5.41) is 5.55. The lowest BCUT2D eigenvalue weighted by atomic mass is 10.1. The normalized spacial score (nSPS) is 14.7. The molecule has 0 radical (unpaired) electrons. The van der Waals surface area contributed by atoms with Crippen molar-refractivity contribution in [2.45, 2.75) is 13.5 Å². The molecule has 26 heavy (non-hydrogen) atoms. The van der Waals surface area contributed by atoms with Gasteiger partial charge in [0.25, 0.3) is 5.91 Å². The topological polar surface area (TPSA) is 70.7 Å². The fourth-order valence-electron chi connectivity index (χ4n) is 2.82. The standard InChI is InChI=1S/C20H23N3O3/c1-15(24)21-18-6-8-19(9-7-18)22-20(25)17-4-2-16(3-5-17)14-23-10-12-26-13-11-23/h2-9H,10-14H2,1H3,(H,21,24)(H,22,25). The van der Waals surface area contributed by atoms with Crippen LogP contribution >= 0.6 is 0 Å². The first kappa shape index (κ1) is 18.1. The molecule has 1 aliphatic heterocycles. The summed E-state index contributed by atoms with van der Waals surface area (Å²) in [5.41, 5.74) is 3.18. The first-order chi connectivity index (χ1) is 12.6. The molecule has 0 spiro atoms. The monoisotopic (exact) mass is 353 g/mol. The van der Waals surface area contributed by atoms with Gasteiger partial charge < -0.3 is 15.4 Å². The molecule has 136 valence electrons. The molecule has 0 aliphatic carbocycles. The van der Waals surface area contributed by atoms with Crippen LogP contribution in [-0.2, 0) is 16.1 Å². The Morgan fingerprint density at radius 1 is 0.923 bits per heavy atom. The maximum Gasteiger partial charge on any atom is 0.255 e. The average molecular weight is 353 g/mol. The van der Waals surface area contributed by atoms with Gasteiger partial charge in [0.2, 0.25) is 5.91 Å². The van der Waals surface area contributed by atoms with Crippen molar-refractivity contribution in [2.24, 2.45) is 0 Å². The van der Waals surface area contributed by atoms with Crippen LogP contribution in [0.1, 0.15) is 22.8 Å². The Morgan fingerprint density at radius 2 is 1.50 bits per heavy atom. The van der Waals surface area contributed by atoms with E-state index in [9.17, 15) is 9.59 Å². The third-order valence-corrected chi connectivity index (χ3v) is 4.19. The van der Waals surface area contributed by atoms with Crippen LogP contribution in [-0.4, -0.2) is 43.0 Å². The predicted molar refractivity (Wildman–Crippen MR) is 101 cm³/mol. The molecule has 3 rings (SSSR count). The van der Waals surface area contributed by atoms with Crippen molar-refractivity contribution in [1.82, 2.24) is 4.90 Å². The number of nitrogens with one attached hydrogen (secondary N) is 2. The highest BCUT2D eigenvalue weighted by molar-refractivity contribution is 6.04. The zero-order valence-electron chi connectivity index (χ0n) is 14.8. The Balaban J connectivity index is 1.56. The summed E-state index contributed by atoms with van der Waals surface area (Å²) < 4.78 is 5.36. The summed E-state index contributed by atoms with van der Waals surface area (Å²) in [6.45, 7) is 5.77. The van der Waals surface area contributed by atoms with Gasteiger partial charge in [-0.2, -0.15) is 0 Å². The van der Waals surface area contributed by atoms with Crippen molar-refractivity contribution in [2.75, 3.05) is 36.9 Å². The number of morpholine rings is 1. The van der Waals surface area contributed by atoms with E-state index >= 15 is 0 Å². The Kier molecular flexibility index (Phi) is 5.99. The summed E-state index contributed by atoms with van der Waals surface area (Å²) in [6.07, 6.45) is 0. The summed E-state index contributed by atoms with van der Waals surface area (Å²) in [5.74, 6) is -0.283. The number of carbonyl (C=O) groups is 2. The fraction of sp³-hybridized carbons (Fsp3) is 0.300. The number of amides is 2. The second-order valence-electron chi connectivity index (χ2n) is 6.30. The van der Waals surface area contributed by atoms with Gasteiger partial charge in [0.05, 0.1) is 13.2 Å². The minimum Gasteiger partial charge on any atom is -0.379 e. The maximum atomic E-state index is 12.4. The van der Waals surface area contributed by atoms with Crippen molar-refractivity contribution >= 4 is 23.2 Å². The van der Waals surface area contributed by atoms with Gasteiger partial charge >= 0.3 is 0 Å². The highest BCUT2D eigenvalue weighted by Gasteiger charge is 2.11. The van der Waals surface area contributed by atoms with Gasteiger partial charge in [-0.05, 0) is 42.0 Å². The number of benzene rings is 2. The lowest BCUT2D eigenvalue weighted by Crippen LogP contribution is -2.35. The van der Waals surface area contributed by atoms with Gasteiger partial charge in [0.15, 0.2) is 0 Å². The predicted octanol–water partition coefficient (Wildman–Crippen LogP) is 2.73. The number of hydrogen-bond acceptors (Lipinski definition) is 4. The van der Waals surface area contributed by atoms with Crippen LogP contribution in [0, 0.1) is 0 Å². The molecule has 2 aromatic rings. The molecule has 0 atom stereocenters.